The highest BCUT2D eigenvalue weighted by atomic mass is 127. The second-order valence-electron chi connectivity index (χ2n) is 4.32. The first-order chi connectivity index (χ1) is 9.06. The van der Waals surface area contributed by atoms with Crippen molar-refractivity contribution in [1.82, 2.24) is 0 Å². The van der Waals surface area contributed by atoms with Gasteiger partial charge in [0, 0.05) is 15.6 Å². The third-order valence-corrected chi connectivity index (χ3v) is 3.61. The van der Waals surface area contributed by atoms with Crippen LogP contribution in [-0.2, 0) is 6.42 Å². The zero-order valence-corrected chi connectivity index (χ0v) is 12.2. The molecule has 0 aromatic heterocycles. The molecule has 1 N–H and O–H groups in total. The first-order valence-electron chi connectivity index (χ1n) is 5.87. The first kappa shape index (κ1) is 14.4. The zero-order valence-electron chi connectivity index (χ0n) is 10.1. The Kier molecular flexibility index (Phi) is 4.87. The Morgan fingerprint density at radius 2 is 1.63 bits per heavy atom. The molecule has 0 spiro atoms. The van der Waals surface area contributed by atoms with Crippen molar-refractivity contribution in [3.63, 3.8) is 0 Å². The van der Waals surface area contributed by atoms with Crippen LogP contribution >= 0.6 is 22.6 Å². The molecule has 100 valence electrons. The van der Waals surface area contributed by atoms with Gasteiger partial charge in [0.2, 0.25) is 0 Å². The van der Waals surface area contributed by atoms with Crippen molar-refractivity contribution >= 4 is 22.6 Å². The van der Waals surface area contributed by atoms with E-state index in [2.05, 4.69) is 22.6 Å². The summed E-state index contributed by atoms with van der Waals surface area (Å²) in [6.45, 7) is 0. The van der Waals surface area contributed by atoms with Crippen molar-refractivity contribution in [2.75, 3.05) is 0 Å². The number of aliphatic hydroxyl groups is 1. The average Bonchev–Trinajstić information content (AvgIpc) is 2.41. The molecule has 0 aliphatic carbocycles. The SMILES string of the molecule is OC(Cc1ccc(I)cc1)c1cccc(C(F)F)c1. The second kappa shape index (κ2) is 6.43. The highest BCUT2D eigenvalue weighted by Gasteiger charge is 2.12. The molecule has 2 aromatic carbocycles. The topological polar surface area (TPSA) is 20.2 Å². The van der Waals surface area contributed by atoms with E-state index in [0.29, 0.717) is 12.0 Å². The molecule has 1 atom stereocenters. The summed E-state index contributed by atoms with van der Waals surface area (Å²) < 4.78 is 26.3. The van der Waals surface area contributed by atoms with E-state index in [4.69, 9.17) is 0 Å². The molecule has 0 bridgehead atoms. The van der Waals surface area contributed by atoms with Gasteiger partial charge in [0.25, 0.3) is 6.43 Å². The minimum Gasteiger partial charge on any atom is -0.388 e. The Bertz CT molecular complexity index is 540. The second-order valence-corrected chi connectivity index (χ2v) is 5.56. The van der Waals surface area contributed by atoms with Crippen LogP contribution in [0.5, 0.6) is 0 Å². The van der Waals surface area contributed by atoms with Gasteiger partial charge in [-0.05, 0) is 51.9 Å². The van der Waals surface area contributed by atoms with Crippen LogP contribution in [0, 0.1) is 3.57 Å². The first-order valence-corrected chi connectivity index (χ1v) is 6.94. The molecule has 19 heavy (non-hydrogen) atoms. The molecule has 1 nitrogen and oxygen atoms in total. The number of hydrogen-bond donors (Lipinski definition) is 1. The van der Waals surface area contributed by atoms with Crippen molar-refractivity contribution in [2.24, 2.45) is 0 Å². The Labute approximate surface area is 124 Å². The van der Waals surface area contributed by atoms with Gasteiger partial charge in [0.05, 0.1) is 6.10 Å². The van der Waals surface area contributed by atoms with Gasteiger partial charge in [-0.25, -0.2) is 8.78 Å². The number of aliphatic hydroxyl groups excluding tert-OH is 1. The predicted molar refractivity (Wildman–Crippen MR) is 79.2 cm³/mol. The van der Waals surface area contributed by atoms with Gasteiger partial charge in [0.1, 0.15) is 0 Å². The van der Waals surface area contributed by atoms with Gasteiger partial charge >= 0.3 is 0 Å². The van der Waals surface area contributed by atoms with Crippen LogP contribution in [0.3, 0.4) is 0 Å². The molecular weight excluding hydrogens is 361 g/mol. The summed E-state index contributed by atoms with van der Waals surface area (Å²) >= 11 is 2.21. The van der Waals surface area contributed by atoms with Crippen LogP contribution in [-0.4, -0.2) is 5.11 Å². The van der Waals surface area contributed by atoms with Crippen LogP contribution in [0.4, 0.5) is 8.78 Å². The van der Waals surface area contributed by atoms with Crippen LogP contribution in [0.2, 0.25) is 0 Å². The molecule has 0 heterocycles. The summed E-state index contributed by atoms with van der Waals surface area (Å²) in [5.41, 5.74) is 1.45. The largest absolute Gasteiger partial charge is 0.388 e. The minimum atomic E-state index is -2.51. The Morgan fingerprint density at radius 1 is 1.00 bits per heavy atom. The smallest absolute Gasteiger partial charge is 0.263 e. The van der Waals surface area contributed by atoms with E-state index in [-0.39, 0.29) is 5.56 Å². The molecule has 0 aliphatic rings. The van der Waals surface area contributed by atoms with Gasteiger partial charge in [-0.1, -0.05) is 30.3 Å². The molecule has 0 aliphatic heterocycles. The lowest BCUT2D eigenvalue weighted by Crippen LogP contribution is -2.02. The fourth-order valence-corrected chi connectivity index (χ4v) is 2.22. The molecule has 4 heteroatoms. The van der Waals surface area contributed by atoms with Gasteiger partial charge < -0.3 is 5.11 Å². The van der Waals surface area contributed by atoms with Crippen LogP contribution in [0.25, 0.3) is 0 Å². The van der Waals surface area contributed by atoms with Crippen LogP contribution in [0.15, 0.2) is 48.5 Å². The van der Waals surface area contributed by atoms with Crippen molar-refractivity contribution < 1.29 is 13.9 Å². The normalized spacial score (nSPS) is 12.7. The molecule has 0 amide bonds. The van der Waals surface area contributed by atoms with Crippen molar-refractivity contribution in [2.45, 2.75) is 19.0 Å². The minimum absolute atomic E-state index is 0.0563. The monoisotopic (exact) mass is 374 g/mol. The van der Waals surface area contributed by atoms with E-state index in [1.165, 1.54) is 12.1 Å². The highest BCUT2D eigenvalue weighted by Crippen LogP contribution is 2.24. The predicted octanol–water partition coefficient (Wildman–Crippen LogP) is 4.50. The summed E-state index contributed by atoms with van der Waals surface area (Å²) in [6, 6.07) is 13.7. The van der Waals surface area contributed by atoms with Crippen molar-refractivity contribution in [3.8, 4) is 0 Å². The Hall–Kier alpha value is -1.01. The Balaban J connectivity index is 2.13. The summed E-state index contributed by atoms with van der Waals surface area (Å²) in [5.74, 6) is 0. The molecular formula is C15H13F2IO. The average molecular weight is 374 g/mol. The standard InChI is InChI=1S/C15H13F2IO/c16-15(17)12-3-1-2-11(9-12)14(19)8-10-4-6-13(18)7-5-10/h1-7,9,14-15,19H,8H2. The van der Waals surface area contributed by atoms with E-state index in [0.717, 1.165) is 9.13 Å². The lowest BCUT2D eigenvalue weighted by molar-refractivity contribution is 0.149. The van der Waals surface area contributed by atoms with Crippen molar-refractivity contribution in [1.29, 1.82) is 0 Å². The lowest BCUT2D eigenvalue weighted by atomic mass is 10.00. The Morgan fingerprint density at radius 3 is 2.26 bits per heavy atom. The maximum Gasteiger partial charge on any atom is 0.263 e. The summed E-state index contributed by atoms with van der Waals surface area (Å²) in [4.78, 5) is 0. The number of hydrogen-bond acceptors (Lipinski definition) is 1. The fraction of sp³-hybridized carbons (Fsp3) is 0.200. The zero-order chi connectivity index (χ0) is 13.8. The maximum absolute atomic E-state index is 12.6. The van der Waals surface area contributed by atoms with Crippen LogP contribution < -0.4 is 0 Å². The summed E-state index contributed by atoms with van der Waals surface area (Å²) in [6.07, 6.45) is -2.85. The highest BCUT2D eigenvalue weighted by molar-refractivity contribution is 14.1. The molecule has 0 saturated heterocycles. The van der Waals surface area contributed by atoms with Crippen LogP contribution in [0.1, 0.15) is 29.2 Å². The fourth-order valence-electron chi connectivity index (χ4n) is 1.86. The third kappa shape index (κ3) is 3.98. The summed E-state index contributed by atoms with van der Waals surface area (Å²) in [5, 5.41) is 10.1. The quantitative estimate of drug-likeness (QED) is 0.782. The van der Waals surface area contributed by atoms with E-state index in [9.17, 15) is 13.9 Å². The molecule has 0 fully saturated rings. The number of alkyl halides is 2. The molecule has 0 saturated carbocycles. The van der Waals surface area contributed by atoms with E-state index >= 15 is 0 Å². The van der Waals surface area contributed by atoms with E-state index in [1.807, 2.05) is 24.3 Å². The molecule has 0 radical (unpaired) electrons. The van der Waals surface area contributed by atoms with Gasteiger partial charge in [0.15, 0.2) is 0 Å². The molecule has 2 rings (SSSR count). The van der Waals surface area contributed by atoms with Gasteiger partial charge in [-0.3, -0.25) is 0 Å². The third-order valence-electron chi connectivity index (χ3n) is 2.89. The van der Waals surface area contributed by atoms with E-state index < -0.39 is 12.5 Å². The summed E-state index contributed by atoms with van der Waals surface area (Å²) in [7, 11) is 0. The van der Waals surface area contributed by atoms with Gasteiger partial charge in [-0.2, -0.15) is 0 Å². The number of benzene rings is 2. The molecule has 1 unspecified atom stereocenters. The van der Waals surface area contributed by atoms with E-state index in [1.54, 1.807) is 12.1 Å². The number of halogens is 3. The maximum atomic E-state index is 12.6. The van der Waals surface area contributed by atoms with Crippen molar-refractivity contribution in [3.05, 3.63) is 68.8 Å². The van der Waals surface area contributed by atoms with Gasteiger partial charge in [-0.15, -0.1) is 0 Å². The lowest BCUT2D eigenvalue weighted by Gasteiger charge is -2.12. The molecule has 2 aromatic rings. The number of rotatable bonds is 4.